The molecule has 0 spiro atoms. The molecule has 0 aliphatic rings. The molecule has 0 saturated carbocycles. The van der Waals surface area contributed by atoms with Crippen molar-refractivity contribution in [1.82, 2.24) is 15.0 Å². The summed E-state index contributed by atoms with van der Waals surface area (Å²) in [7, 11) is 0. The number of hydrogen-bond donors (Lipinski definition) is 0. The van der Waals surface area contributed by atoms with Crippen LogP contribution in [0.3, 0.4) is 0 Å². The Morgan fingerprint density at radius 1 is 0.341 bits per heavy atom. The Kier molecular flexibility index (Phi) is 37.6. The maximum Gasteiger partial charge on any atom is 0.101 e. The summed E-state index contributed by atoms with van der Waals surface area (Å²) in [4.78, 5) is 26.0. The molecule has 11 rings (SSSR count). The Morgan fingerprint density at radius 3 is 1.00 bits per heavy atom. The van der Waals surface area contributed by atoms with Gasteiger partial charge in [0.1, 0.15) is 17.3 Å². The molecule has 11 aromatic rings. The molecule has 0 fully saturated rings. The number of thiazole rings is 2. The molecule has 10 aromatic heterocycles. The van der Waals surface area contributed by atoms with Gasteiger partial charge in [-0.15, -0.1) is 79.4 Å². The van der Waals surface area contributed by atoms with E-state index in [0.717, 1.165) is 43.7 Å². The SMILES string of the molecule is Cc1cc(C)c(C)s1.Cc1cc(C)c(C)s1.Cc1cc(Cl)c(C)s1.Cc1ccc(C)cc1.Cc1ccc(C)nc1.Cc1ccc(C)o1.Cc1ccc(C)s1.Cc1cnc(C)s1.Cc1coc(C)c1.Cc1csc(C)c1.Cc1csc(C)n1. The number of rotatable bonds is 0. The molecular weight excluding hydrogens is 1160 g/mol. The summed E-state index contributed by atoms with van der Waals surface area (Å²) in [5.41, 5.74) is 11.5. The monoisotopic (exact) mass is 1250 g/mol. The fourth-order valence-corrected chi connectivity index (χ4v) is 12.3. The van der Waals surface area contributed by atoms with Crippen molar-refractivity contribution in [2.24, 2.45) is 0 Å². The largest absolute Gasteiger partial charge is 0.469 e. The van der Waals surface area contributed by atoms with Crippen LogP contribution >= 0.6 is 91.0 Å². The fraction of sp³-hybridized carbons (Fsp3) is 0.348. The molecule has 13 heteroatoms. The van der Waals surface area contributed by atoms with Crippen LogP contribution in [0.1, 0.15) is 126 Å². The minimum Gasteiger partial charge on any atom is -0.469 e. The summed E-state index contributed by atoms with van der Waals surface area (Å²) in [5, 5.41) is 7.41. The second-order valence-corrected chi connectivity index (χ2v) is 29.8. The van der Waals surface area contributed by atoms with Crippen molar-refractivity contribution in [1.29, 1.82) is 0 Å². The molecule has 1 aromatic carbocycles. The van der Waals surface area contributed by atoms with Crippen LogP contribution in [-0.2, 0) is 0 Å². The van der Waals surface area contributed by atoms with Gasteiger partial charge in [-0.3, -0.25) is 4.98 Å². The van der Waals surface area contributed by atoms with Crippen LogP contribution in [0.5, 0.6) is 0 Å². The van der Waals surface area contributed by atoms with E-state index in [2.05, 4.69) is 183 Å². The quantitative estimate of drug-likeness (QED) is 0.151. The van der Waals surface area contributed by atoms with Gasteiger partial charge in [-0.25, -0.2) is 9.97 Å². The lowest BCUT2D eigenvalue weighted by Crippen LogP contribution is -1.78. The number of benzene rings is 1. The Hall–Kier alpha value is -5.02. The van der Waals surface area contributed by atoms with Gasteiger partial charge in [0.05, 0.1) is 21.3 Å². The minimum atomic E-state index is 0.896. The molecule has 82 heavy (non-hydrogen) atoms. The summed E-state index contributed by atoms with van der Waals surface area (Å²) < 4.78 is 10.0. The highest BCUT2D eigenvalue weighted by Gasteiger charge is 1.97. The smallest absolute Gasteiger partial charge is 0.101 e. The van der Waals surface area contributed by atoms with Crippen LogP contribution in [0.25, 0.3) is 0 Å². The maximum atomic E-state index is 5.74. The third kappa shape index (κ3) is 37.2. The molecule has 0 amide bonds. The molecule has 0 atom stereocenters. The van der Waals surface area contributed by atoms with Crippen molar-refractivity contribution in [2.75, 3.05) is 0 Å². The second-order valence-electron chi connectivity index (χ2n) is 19.9. The van der Waals surface area contributed by atoms with Gasteiger partial charge in [0.15, 0.2) is 0 Å². The van der Waals surface area contributed by atoms with E-state index in [-0.39, 0.29) is 0 Å². The van der Waals surface area contributed by atoms with E-state index in [1.54, 1.807) is 51.6 Å². The van der Waals surface area contributed by atoms with Crippen LogP contribution in [-0.4, -0.2) is 15.0 Å². The first-order valence-electron chi connectivity index (χ1n) is 27.0. The van der Waals surface area contributed by atoms with E-state index in [1.807, 2.05) is 146 Å². The molecular formula is C69H92ClN3O2S7. The lowest BCUT2D eigenvalue weighted by molar-refractivity contribution is 0.504. The molecule has 444 valence electrons. The highest BCUT2D eigenvalue weighted by molar-refractivity contribution is 7.13. The van der Waals surface area contributed by atoms with Crippen molar-refractivity contribution >= 4 is 91.0 Å². The zero-order chi connectivity index (χ0) is 62.1. The lowest BCUT2D eigenvalue weighted by Gasteiger charge is -1.90. The van der Waals surface area contributed by atoms with Gasteiger partial charge in [0.2, 0.25) is 0 Å². The van der Waals surface area contributed by atoms with Crippen molar-refractivity contribution in [3.05, 3.63) is 252 Å². The first-order valence-corrected chi connectivity index (χ1v) is 33.2. The van der Waals surface area contributed by atoms with E-state index < -0.39 is 0 Å². The van der Waals surface area contributed by atoms with Crippen molar-refractivity contribution in [3.8, 4) is 0 Å². The Morgan fingerprint density at radius 2 is 0.841 bits per heavy atom. The second kappa shape index (κ2) is 41.1. The first-order chi connectivity index (χ1) is 38.4. The molecule has 0 bridgehead atoms. The van der Waals surface area contributed by atoms with E-state index in [0.29, 0.717) is 0 Å². The number of pyridine rings is 1. The molecule has 0 aliphatic carbocycles. The van der Waals surface area contributed by atoms with Crippen LogP contribution in [0, 0.1) is 166 Å². The third-order valence-corrected chi connectivity index (χ3v) is 18.0. The predicted octanol–water partition coefficient (Wildman–Crippen LogP) is 24.4. The van der Waals surface area contributed by atoms with Gasteiger partial charge in [-0.1, -0.05) is 53.1 Å². The zero-order valence-electron chi connectivity index (χ0n) is 53.4. The number of aryl methyl sites for hydroxylation is 24. The van der Waals surface area contributed by atoms with Crippen LogP contribution in [0.15, 0.2) is 129 Å². The van der Waals surface area contributed by atoms with E-state index in [1.165, 1.54) is 87.7 Å². The van der Waals surface area contributed by atoms with Crippen LogP contribution in [0.4, 0.5) is 0 Å². The third-order valence-electron chi connectivity index (χ3n) is 10.8. The van der Waals surface area contributed by atoms with Crippen molar-refractivity contribution < 1.29 is 8.83 Å². The van der Waals surface area contributed by atoms with Crippen molar-refractivity contribution in [3.63, 3.8) is 0 Å². The van der Waals surface area contributed by atoms with Gasteiger partial charge in [0.25, 0.3) is 0 Å². The van der Waals surface area contributed by atoms with Gasteiger partial charge in [-0.05, 0) is 260 Å². The molecule has 5 nitrogen and oxygen atoms in total. The van der Waals surface area contributed by atoms with E-state index in [9.17, 15) is 0 Å². The normalized spacial score (nSPS) is 9.52. The molecule has 0 radical (unpaired) electrons. The number of nitrogens with zero attached hydrogens (tertiary/aromatic N) is 3. The molecule has 0 unspecified atom stereocenters. The summed E-state index contributed by atoms with van der Waals surface area (Å²) in [6.45, 7) is 49.6. The van der Waals surface area contributed by atoms with Gasteiger partial charge >= 0.3 is 0 Å². The predicted molar refractivity (Wildman–Crippen MR) is 373 cm³/mol. The zero-order valence-corrected chi connectivity index (χ0v) is 59.9. The number of halogens is 1. The maximum absolute atomic E-state index is 5.74. The number of furan rings is 2. The average Bonchev–Trinajstić information content (AvgIpc) is 4.33. The highest BCUT2D eigenvalue weighted by Crippen LogP contribution is 2.24. The minimum absolute atomic E-state index is 0.896. The Bertz CT molecular complexity index is 2740. The van der Waals surface area contributed by atoms with E-state index in [4.69, 9.17) is 20.4 Å². The first kappa shape index (κ1) is 75.0. The number of aromatic nitrogens is 3. The van der Waals surface area contributed by atoms with Crippen LogP contribution < -0.4 is 0 Å². The summed E-state index contributed by atoms with van der Waals surface area (Å²) in [5.74, 6) is 2.95. The molecule has 0 N–H and O–H groups in total. The molecule has 0 aliphatic heterocycles. The standard InChI is InChI=1S/C8H10.C7H9N.2C7H10S.C6H7ClS.2C6H8O.2C6H8S.2C5H7NS/c1-7-3-5-8(2)6-4-7;1-6-3-4-7(2)8-5-6;2*1-5-4-6(2)8-7(5)3;1-4-3-6(7)5(2)8-4;1-5-3-6(2)7-4-5;1-5-3-4-6(2)7-5;1-5-3-6(2)7-4-5;1-5-3-4-6(2)7-5;1-4-3-7-5(2)6-4;1-4-3-6-5(2)7-4/h3-6H,1-2H3;3-5H,1-2H3;2*4H,1-3H3;3H,1-2H3;4*3-4H,1-2H3;2*3H,1-2H3. The highest BCUT2D eigenvalue weighted by atomic mass is 35.5. The summed E-state index contributed by atoms with van der Waals surface area (Å²) in [6.07, 6.45) is 5.50. The van der Waals surface area contributed by atoms with Gasteiger partial charge < -0.3 is 8.83 Å². The number of hydrogen-bond acceptors (Lipinski definition) is 12. The summed E-state index contributed by atoms with van der Waals surface area (Å²) >= 11 is 18.3. The van der Waals surface area contributed by atoms with Gasteiger partial charge in [0, 0.05) is 77.9 Å². The lowest BCUT2D eigenvalue weighted by atomic mass is 10.2. The fourth-order valence-electron chi connectivity index (χ4n) is 6.50. The van der Waals surface area contributed by atoms with Crippen molar-refractivity contribution in [2.45, 2.75) is 166 Å². The topological polar surface area (TPSA) is 65.0 Å². The Labute approximate surface area is 528 Å². The molecule has 0 saturated heterocycles. The summed E-state index contributed by atoms with van der Waals surface area (Å²) in [6, 6.07) is 31.4. The van der Waals surface area contributed by atoms with Crippen LogP contribution in [0.2, 0.25) is 5.02 Å². The number of thiophene rings is 5. The van der Waals surface area contributed by atoms with E-state index >= 15 is 0 Å². The Balaban J connectivity index is 0.000000451. The molecule has 10 heterocycles. The average molecular weight is 1260 g/mol. The van der Waals surface area contributed by atoms with Gasteiger partial charge in [-0.2, -0.15) is 0 Å².